The zero-order chi connectivity index (χ0) is 22.4. The van der Waals surface area contributed by atoms with E-state index in [-0.39, 0.29) is 12.1 Å². The number of non-ortho nitro benzene ring substituents is 1. The topological polar surface area (TPSA) is 143 Å². The second kappa shape index (κ2) is 9.53. The summed E-state index contributed by atoms with van der Waals surface area (Å²) in [7, 11) is 0. The van der Waals surface area contributed by atoms with E-state index in [4.69, 9.17) is 4.74 Å². The third-order valence-electron chi connectivity index (χ3n) is 4.47. The Morgan fingerprint density at radius 2 is 1.84 bits per heavy atom. The van der Waals surface area contributed by atoms with Crippen molar-refractivity contribution in [1.82, 2.24) is 10.3 Å². The smallest absolute Gasteiger partial charge is 0.329 e. The predicted molar refractivity (Wildman–Crippen MR) is 112 cm³/mol. The molecule has 10 heteroatoms. The molecule has 0 bridgehead atoms. The van der Waals surface area contributed by atoms with Crippen LogP contribution in [-0.2, 0) is 25.5 Å². The maximum Gasteiger partial charge on any atom is 0.329 e. The van der Waals surface area contributed by atoms with Gasteiger partial charge < -0.3 is 20.4 Å². The van der Waals surface area contributed by atoms with Crippen LogP contribution in [0.5, 0.6) is 0 Å². The Morgan fingerprint density at radius 3 is 2.52 bits per heavy atom. The minimum atomic E-state index is -0.969. The van der Waals surface area contributed by atoms with E-state index in [0.29, 0.717) is 5.69 Å². The summed E-state index contributed by atoms with van der Waals surface area (Å²) in [6, 6.07) is 11.8. The number of hydrogen-bond donors (Lipinski definition) is 3. The first-order valence-corrected chi connectivity index (χ1v) is 9.36. The van der Waals surface area contributed by atoms with E-state index in [1.165, 1.54) is 31.2 Å². The summed E-state index contributed by atoms with van der Waals surface area (Å²) < 4.78 is 5.08. The number of nitrogens with one attached hydrogen (secondary N) is 3. The SMILES string of the molecule is CC(=O)NC(Cc1c[nH]c2ccccc12)C(=O)OCC(=O)Nc1ccc([N+](=O)[O-])cc1. The number of aromatic nitrogens is 1. The largest absolute Gasteiger partial charge is 0.454 e. The van der Waals surface area contributed by atoms with Crippen molar-refractivity contribution >= 4 is 40.1 Å². The molecule has 0 saturated carbocycles. The van der Waals surface area contributed by atoms with Crippen LogP contribution in [0.3, 0.4) is 0 Å². The number of amides is 2. The van der Waals surface area contributed by atoms with E-state index >= 15 is 0 Å². The number of carbonyl (C=O) groups is 3. The first-order valence-electron chi connectivity index (χ1n) is 9.36. The lowest BCUT2D eigenvalue weighted by molar-refractivity contribution is -0.384. The van der Waals surface area contributed by atoms with E-state index < -0.39 is 35.4 Å². The molecule has 10 nitrogen and oxygen atoms in total. The standard InChI is InChI=1S/C21H20N4O6/c1-13(26)23-19(10-14-11-22-18-5-3-2-4-17(14)18)21(28)31-12-20(27)24-15-6-8-16(9-7-15)25(29)30/h2-9,11,19,22H,10,12H2,1H3,(H,23,26)(H,24,27). The van der Waals surface area contributed by atoms with Gasteiger partial charge in [0.1, 0.15) is 6.04 Å². The molecule has 0 aliphatic rings. The molecule has 1 heterocycles. The molecule has 31 heavy (non-hydrogen) atoms. The van der Waals surface area contributed by atoms with Crippen LogP contribution in [0.1, 0.15) is 12.5 Å². The lowest BCUT2D eigenvalue weighted by Gasteiger charge is -2.16. The van der Waals surface area contributed by atoms with Crippen LogP contribution in [0.4, 0.5) is 11.4 Å². The molecule has 0 saturated heterocycles. The van der Waals surface area contributed by atoms with Crippen molar-refractivity contribution in [3.63, 3.8) is 0 Å². The number of H-pyrrole nitrogens is 1. The zero-order valence-electron chi connectivity index (χ0n) is 16.6. The van der Waals surface area contributed by atoms with Crippen LogP contribution in [0.15, 0.2) is 54.7 Å². The maximum absolute atomic E-state index is 12.5. The lowest BCUT2D eigenvalue weighted by Crippen LogP contribution is -2.43. The highest BCUT2D eigenvalue weighted by Crippen LogP contribution is 2.19. The third kappa shape index (κ3) is 5.66. The van der Waals surface area contributed by atoms with E-state index in [9.17, 15) is 24.5 Å². The average molecular weight is 424 g/mol. The summed E-state index contributed by atoms with van der Waals surface area (Å²) in [5.74, 6) is -1.77. The summed E-state index contributed by atoms with van der Waals surface area (Å²) in [6.07, 6.45) is 1.94. The van der Waals surface area contributed by atoms with E-state index in [0.717, 1.165) is 16.5 Å². The summed E-state index contributed by atoms with van der Waals surface area (Å²) in [5.41, 5.74) is 1.93. The number of nitro benzene ring substituents is 1. The van der Waals surface area contributed by atoms with Gasteiger partial charge in [-0.05, 0) is 23.8 Å². The zero-order valence-corrected chi connectivity index (χ0v) is 16.6. The summed E-state index contributed by atoms with van der Waals surface area (Å²) in [4.78, 5) is 49.3. The molecular weight excluding hydrogens is 404 g/mol. The number of fused-ring (bicyclic) bond motifs is 1. The molecule has 0 radical (unpaired) electrons. The van der Waals surface area contributed by atoms with Crippen LogP contribution in [-0.4, -0.2) is 40.3 Å². The number of carbonyl (C=O) groups excluding carboxylic acids is 3. The van der Waals surface area contributed by atoms with Crippen LogP contribution in [0, 0.1) is 10.1 Å². The number of nitrogens with zero attached hydrogens (tertiary/aromatic N) is 1. The number of nitro groups is 1. The number of esters is 1. The molecular formula is C21H20N4O6. The van der Waals surface area contributed by atoms with Gasteiger partial charge in [-0.15, -0.1) is 0 Å². The second-order valence-corrected chi connectivity index (χ2v) is 6.78. The number of para-hydroxylation sites is 1. The van der Waals surface area contributed by atoms with Gasteiger partial charge in [-0.3, -0.25) is 19.7 Å². The van der Waals surface area contributed by atoms with Crippen molar-refractivity contribution < 1.29 is 24.0 Å². The molecule has 3 rings (SSSR count). The molecule has 0 fully saturated rings. The molecule has 3 N–H and O–H groups in total. The predicted octanol–water partition coefficient (Wildman–Crippen LogP) is 2.31. The quantitative estimate of drug-likeness (QED) is 0.288. The van der Waals surface area contributed by atoms with Crippen molar-refractivity contribution in [3.8, 4) is 0 Å². The minimum Gasteiger partial charge on any atom is -0.454 e. The van der Waals surface area contributed by atoms with Gasteiger partial charge in [0.15, 0.2) is 6.61 Å². The van der Waals surface area contributed by atoms with E-state index in [1.807, 2.05) is 24.3 Å². The Morgan fingerprint density at radius 1 is 1.13 bits per heavy atom. The van der Waals surface area contributed by atoms with Gasteiger partial charge in [0, 0.05) is 48.3 Å². The Balaban J connectivity index is 1.60. The molecule has 3 aromatic rings. The number of ether oxygens (including phenoxy) is 1. The van der Waals surface area contributed by atoms with Crippen molar-refractivity contribution in [2.45, 2.75) is 19.4 Å². The van der Waals surface area contributed by atoms with Crippen LogP contribution in [0.25, 0.3) is 10.9 Å². The number of rotatable bonds is 8. The van der Waals surface area contributed by atoms with Crippen LogP contribution in [0.2, 0.25) is 0 Å². The molecule has 0 aliphatic heterocycles. The highest BCUT2D eigenvalue weighted by molar-refractivity contribution is 5.94. The number of anilines is 1. The first kappa shape index (κ1) is 21.5. The van der Waals surface area contributed by atoms with Crippen molar-refractivity contribution in [2.75, 3.05) is 11.9 Å². The molecule has 0 spiro atoms. The fourth-order valence-electron chi connectivity index (χ4n) is 3.06. The van der Waals surface area contributed by atoms with Gasteiger partial charge in [0.05, 0.1) is 4.92 Å². The molecule has 0 aliphatic carbocycles. The molecule has 1 unspecified atom stereocenters. The summed E-state index contributed by atoms with van der Waals surface area (Å²) >= 11 is 0. The van der Waals surface area contributed by atoms with Crippen molar-refractivity contribution in [3.05, 3.63) is 70.4 Å². The van der Waals surface area contributed by atoms with Gasteiger partial charge in [-0.1, -0.05) is 18.2 Å². The second-order valence-electron chi connectivity index (χ2n) is 6.78. The van der Waals surface area contributed by atoms with Gasteiger partial charge in [0.25, 0.3) is 11.6 Å². The average Bonchev–Trinajstić information content (AvgIpc) is 3.14. The van der Waals surface area contributed by atoms with Crippen LogP contribution < -0.4 is 10.6 Å². The molecule has 1 aromatic heterocycles. The van der Waals surface area contributed by atoms with Crippen molar-refractivity contribution in [2.24, 2.45) is 0 Å². The van der Waals surface area contributed by atoms with Gasteiger partial charge in [-0.25, -0.2) is 4.79 Å². The van der Waals surface area contributed by atoms with E-state index in [2.05, 4.69) is 15.6 Å². The normalized spacial score (nSPS) is 11.5. The van der Waals surface area contributed by atoms with Gasteiger partial charge in [0.2, 0.25) is 5.91 Å². The highest BCUT2D eigenvalue weighted by atomic mass is 16.6. The third-order valence-corrected chi connectivity index (χ3v) is 4.47. The number of aromatic amines is 1. The highest BCUT2D eigenvalue weighted by Gasteiger charge is 2.23. The summed E-state index contributed by atoms with van der Waals surface area (Å²) in [5, 5.41) is 16.6. The Kier molecular flexibility index (Phi) is 6.61. The maximum atomic E-state index is 12.5. The monoisotopic (exact) mass is 424 g/mol. The number of hydrogen-bond acceptors (Lipinski definition) is 6. The molecule has 2 aromatic carbocycles. The fraction of sp³-hybridized carbons (Fsp3) is 0.190. The Bertz CT molecular complexity index is 1120. The fourth-order valence-corrected chi connectivity index (χ4v) is 3.06. The minimum absolute atomic E-state index is 0.111. The Hall–Kier alpha value is -4.21. The number of benzene rings is 2. The molecule has 2 amide bonds. The van der Waals surface area contributed by atoms with Gasteiger partial charge in [-0.2, -0.15) is 0 Å². The van der Waals surface area contributed by atoms with Crippen LogP contribution >= 0.6 is 0 Å². The lowest BCUT2D eigenvalue weighted by atomic mass is 10.0. The molecule has 1 atom stereocenters. The summed E-state index contributed by atoms with van der Waals surface area (Å²) in [6.45, 7) is 0.719. The van der Waals surface area contributed by atoms with Gasteiger partial charge >= 0.3 is 5.97 Å². The van der Waals surface area contributed by atoms with Crippen molar-refractivity contribution in [1.29, 1.82) is 0 Å². The van der Waals surface area contributed by atoms with E-state index in [1.54, 1.807) is 6.20 Å². The first-order chi connectivity index (χ1) is 14.8. The molecule has 160 valence electrons. The Labute approximate surface area is 176 Å².